The van der Waals surface area contributed by atoms with Gasteiger partial charge in [0, 0.05) is 13.1 Å². The van der Waals surface area contributed by atoms with Gasteiger partial charge in [0.15, 0.2) is 0 Å². The maximum absolute atomic E-state index is 10.2. The fourth-order valence-electron chi connectivity index (χ4n) is 1.02. The summed E-state index contributed by atoms with van der Waals surface area (Å²) < 4.78 is 0. The van der Waals surface area contributed by atoms with Crippen molar-refractivity contribution in [3.05, 3.63) is 0 Å². The smallest absolute Gasteiger partial charge is 0.0949 e. The molecule has 2 nitrogen and oxygen atoms in total. The van der Waals surface area contributed by atoms with Crippen LogP contribution in [0.5, 0.6) is 0 Å². The van der Waals surface area contributed by atoms with E-state index in [1.807, 2.05) is 0 Å². The molecule has 0 N–H and O–H groups in total. The second-order valence-electron chi connectivity index (χ2n) is 2.99. The van der Waals surface area contributed by atoms with E-state index in [4.69, 9.17) is 0 Å². The van der Waals surface area contributed by atoms with Gasteiger partial charge in [-0.05, 0) is 12.5 Å². The van der Waals surface area contributed by atoms with Crippen molar-refractivity contribution < 1.29 is 5.11 Å². The first-order valence-corrected chi connectivity index (χ1v) is 4.01. The van der Waals surface area contributed by atoms with Crippen LogP contribution in [0.3, 0.4) is 0 Å². The maximum Gasteiger partial charge on any atom is 0.0949 e. The van der Waals surface area contributed by atoms with Crippen molar-refractivity contribution in [2.75, 3.05) is 26.2 Å². The van der Waals surface area contributed by atoms with E-state index >= 15 is 0 Å². The third-order valence-corrected chi connectivity index (χ3v) is 1.48. The molecule has 0 aliphatic heterocycles. The molecule has 61 valence electrons. The molecule has 0 heterocycles. The van der Waals surface area contributed by atoms with E-state index in [9.17, 15) is 5.11 Å². The fourth-order valence-corrected chi connectivity index (χ4v) is 1.02. The lowest BCUT2D eigenvalue weighted by Gasteiger charge is -2.20. The lowest BCUT2D eigenvalue weighted by molar-refractivity contribution is 0.136. The van der Waals surface area contributed by atoms with Gasteiger partial charge in [-0.25, -0.2) is 5.11 Å². The first-order chi connectivity index (χ1) is 4.70. The zero-order chi connectivity index (χ0) is 7.98. The predicted octanol–water partition coefficient (Wildman–Crippen LogP) is 1.39. The van der Waals surface area contributed by atoms with Gasteiger partial charge in [0.25, 0.3) is 0 Å². The maximum atomic E-state index is 10.2. The van der Waals surface area contributed by atoms with Gasteiger partial charge in [-0.3, -0.25) is 0 Å². The Labute approximate surface area is 63.8 Å². The highest BCUT2D eigenvalue weighted by atomic mass is 16.3. The molecule has 0 rings (SSSR count). The number of likely N-dealkylation sites (N-methyl/N-ethyl adjacent to an activating group) is 1. The van der Waals surface area contributed by atoms with Gasteiger partial charge in [-0.2, -0.15) is 0 Å². The zero-order valence-corrected chi connectivity index (χ0v) is 7.26. The monoisotopic (exact) mass is 144 g/mol. The number of nitrogens with zero attached hydrogens (tertiary/aromatic N) is 1. The van der Waals surface area contributed by atoms with Crippen molar-refractivity contribution in [1.82, 2.24) is 4.90 Å². The molecule has 0 aliphatic rings. The summed E-state index contributed by atoms with van der Waals surface area (Å²) >= 11 is 0. The van der Waals surface area contributed by atoms with Crippen molar-refractivity contribution in [1.29, 1.82) is 0 Å². The second kappa shape index (κ2) is 5.69. The van der Waals surface area contributed by atoms with Crippen molar-refractivity contribution in [3.63, 3.8) is 0 Å². The lowest BCUT2D eigenvalue weighted by atomic mass is 10.2. The summed E-state index contributed by atoms with van der Waals surface area (Å²) in [5, 5.41) is 10.2. The fraction of sp³-hybridized carbons (Fsp3) is 1.00. The average molecular weight is 144 g/mol. The van der Waals surface area contributed by atoms with Crippen LogP contribution in [0.2, 0.25) is 0 Å². The summed E-state index contributed by atoms with van der Waals surface area (Å²) in [6.07, 6.45) is 0. The summed E-state index contributed by atoms with van der Waals surface area (Å²) in [7, 11) is 0. The molecule has 0 spiro atoms. The highest BCUT2D eigenvalue weighted by Gasteiger charge is 2.02. The van der Waals surface area contributed by atoms with Gasteiger partial charge in [0.2, 0.25) is 0 Å². The van der Waals surface area contributed by atoms with Crippen LogP contribution in [0.1, 0.15) is 20.8 Å². The number of rotatable bonds is 5. The molecule has 0 amide bonds. The number of hydrogen-bond donors (Lipinski definition) is 0. The molecule has 0 unspecified atom stereocenters. The molecule has 0 aromatic carbocycles. The third kappa shape index (κ3) is 4.77. The largest absolute Gasteiger partial charge is 0.301 e. The average Bonchev–Trinajstić information content (AvgIpc) is 1.86. The molecule has 10 heavy (non-hydrogen) atoms. The Kier molecular flexibility index (Phi) is 5.64. The Morgan fingerprint density at radius 1 is 1.40 bits per heavy atom. The van der Waals surface area contributed by atoms with Crippen LogP contribution in [0.25, 0.3) is 0 Å². The molecule has 0 aromatic heterocycles. The molecular formula is C8H18NO. The topological polar surface area (TPSA) is 23.1 Å². The van der Waals surface area contributed by atoms with Crippen LogP contribution >= 0.6 is 0 Å². The van der Waals surface area contributed by atoms with E-state index in [0.717, 1.165) is 13.1 Å². The van der Waals surface area contributed by atoms with Gasteiger partial charge in [0.1, 0.15) is 0 Å². The minimum absolute atomic E-state index is 0.0283. The van der Waals surface area contributed by atoms with E-state index < -0.39 is 0 Å². The molecule has 0 fully saturated rings. The van der Waals surface area contributed by atoms with Crippen LogP contribution in [-0.2, 0) is 5.11 Å². The van der Waals surface area contributed by atoms with Crippen molar-refractivity contribution >= 4 is 0 Å². The summed E-state index contributed by atoms with van der Waals surface area (Å²) in [6, 6.07) is 0. The molecule has 0 saturated carbocycles. The minimum Gasteiger partial charge on any atom is -0.301 e. The zero-order valence-electron chi connectivity index (χ0n) is 7.26. The highest BCUT2D eigenvalue weighted by molar-refractivity contribution is 4.56. The lowest BCUT2D eigenvalue weighted by Crippen LogP contribution is -2.29. The Morgan fingerprint density at radius 3 is 2.30 bits per heavy atom. The van der Waals surface area contributed by atoms with E-state index in [2.05, 4.69) is 25.7 Å². The minimum atomic E-state index is 0.0283. The third-order valence-electron chi connectivity index (χ3n) is 1.48. The van der Waals surface area contributed by atoms with Crippen molar-refractivity contribution in [3.8, 4) is 0 Å². The standard InChI is InChI=1S/C8H18NO/c1-4-9(5-6-10)7-8(2)3/h8H,4-7H2,1-3H3. The first kappa shape index (κ1) is 9.92. The van der Waals surface area contributed by atoms with Crippen LogP contribution in [0, 0.1) is 5.92 Å². The van der Waals surface area contributed by atoms with Gasteiger partial charge in [0.05, 0.1) is 6.61 Å². The van der Waals surface area contributed by atoms with E-state index in [0.29, 0.717) is 12.5 Å². The van der Waals surface area contributed by atoms with Crippen LogP contribution in [-0.4, -0.2) is 31.1 Å². The molecule has 0 saturated heterocycles. The van der Waals surface area contributed by atoms with Crippen LogP contribution < -0.4 is 0 Å². The van der Waals surface area contributed by atoms with E-state index in [1.165, 1.54) is 0 Å². The van der Waals surface area contributed by atoms with E-state index in [1.54, 1.807) is 0 Å². The summed E-state index contributed by atoms with van der Waals surface area (Å²) in [5.41, 5.74) is 0. The quantitative estimate of drug-likeness (QED) is 0.572. The Morgan fingerprint density at radius 2 is 2.00 bits per heavy atom. The van der Waals surface area contributed by atoms with Gasteiger partial charge < -0.3 is 4.90 Å². The molecular weight excluding hydrogens is 126 g/mol. The Bertz CT molecular complexity index is 73.7. The van der Waals surface area contributed by atoms with Gasteiger partial charge in [-0.15, -0.1) is 0 Å². The molecule has 1 radical (unpaired) electrons. The molecule has 0 bridgehead atoms. The van der Waals surface area contributed by atoms with Crippen LogP contribution in [0.4, 0.5) is 0 Å². The summed E-state index contributed by atoms with van der Waals surface area (Å²) in [6.45, 7) is 9.23. The van der Waals surface area contributed by atoms with Crippen molar-refractivity contribution in [2.24, 2.45) is 5.92 Å². The predicted molar refractivity (Wildman–Crippen MR) is 42.5 cm³/mol. The SMILES string of the molecule is CCN(CC[O])CC(C)C. The Hall–Kier alpha value is -0.0800. The highest BCUT2D eigenvalue weighted by Crippen LogP contribution is 1.96. The normalized spacial score (nSPS) is 11.4. The molecule has 0 aromatic rings. The van der Waals surface area contributed by atoms with E-state index in [-0.39, 0.29) is 6.61 Å². The van der Waals surface area contributed by atoms with Crippen molar-refractivity contribution in [2.45, 2.75) is 20.8 Å². The molecule has 0 atom stereocenters. The summed E-state index contributed by atoms with van der Waals surface area (Å²) in [4.78, 5) is 2.19. The van der Waals surface area contributed by atoms with Crippen LogP contribution in [0.15, 0.2) is 0 Å². The molecule has 0 aliphatic carbocycles. The van der Waals surface area contributed by atoms with Gasteiger partial charge in [-0.1, -0.05) is 20.8 Å². The Balaban J connectivity index is 3.39. The number of hydrogen-bond acceptors (Lipinski definition) is 1. The first-order valence-electron chi connectivity index (χ1n) is 4.01. The molecule has 2 heteroatoms. The van der Waals surface area contributed by atoms with Gasteiger partial charge >= 0.3 is 0 Å². The summed E-state index contributed by atoms with van der Waals surface area (Å²) in [5.74, 6) is 0.673. The second-order valence-corrected chi connectivity index (χ2v) is 2.99.